The van der Waals surface area contributed by atoms with Crippen LogP contribution in [0.2, 0.25) is 0 Å². The summed E-state index contributed by atoms with van der Waals surface area (Å²) in [5.41, 5.74) is 0. The highest BCUT2D eigenvalue weighted by atomic mass is 35.5. The minimum Gasteiger partial charge on any atom is -0.468 e. The number of carbonyl (C=O) groups is 1. The van der Waals surface area contributed by atoms with Crippen LogP contribution < -0.4 is 5.32 Å². The molecule has 3 nitrogen and oxygen atoms in total. The summed E-state index contributed by atoms with van der Waals surface area (Å²) in [6.45, 7) is 0.944. The van der Waals surface area contributed by atoms with Gasteiger partial charge in [0, 0.05) is 0 Å². The zero-order valence-corrected chi connectivity index (χ0v) is 8.67. The van der Waals surface area contributed by atoms with Crippen molar-refractivity contribution in [3.8, 4) is 0 Å². The largest absolute Gasteiger partial charge is 0.468 e. The summed E-state index contributed by atoms with van der Waals surface area (Å²) < 4.78 is 4.59. The molecule has 0 aromatic heterocycles. The van der Waals surface area contributed by atoms with Gasteiger partial charge in [0.2, 0.25) is 0 Å². The minimum atomic E-state index is -0.125. The molecule has 0 spiro atoms. The Morgan fingerprint density at radius 2 is 2.08 bits per heavy atom. The van der Waals surface area contributed by atoms with E-state index in [2.05, 4.69) is 10.1 Å². The Hall–Kier alpha value is 0.01000. The summed E-state index contributed by atoms with van der Waals surface area (Å²) in [7, 11) is 1.43. The van der Waals surface area contributed by atoms with Crippen LogP contribution in [0.25, 0.3) is 0 Å². The normalized spacial score (nSPS) is 21.6. The van der Waals surface area contributed by atoms with Crippen molar-refractivity contribution in [2.75, 3.05) is 13.7 Å². The van der Waals surface area contributed by atoms with Gasteiger partial charge in [-0.15, -0.1) is 24.8 Å². The van der Waals surface area contributed by atoms with Crippen molar-refractivity contribution < 1.29 is 9.53 Å². The highest BCUT2D eigenvalue weighted by molar-refractivity contribution is 5.85. The SMILES string of the molecule is COC(=O)C1CCCCN1.Cl.Cl. The smallest absolute Gasteiger partial charge is 0.322 e. The lowest BCUT2D eigenvalue weighted by Crippen LogP contribution is -2.40. The van der Waals surface area contributed by atoms with E-state index >= 15 is 0 Å². The summed E-state index contributed by atoms with van der Waals surface area (Å²) in [5, 5.41) is 3.10. The second-order valence-corrected chi connectivity index (χ2v) is 2.53. The molecule has 0 aromatic rings. The van der Waals surface area contributed by atoms with Crippen molar-refractivity contribution >= 4 is 30.8 Å². The molecule has 0 aromatic carbocycles. The van der Waals surface area contributed by atoms with E-state index in [9.17, 15) is 4.79 Å². The first-order valence-electron chi connectivity index (χ1n) is 3.66. The van der Waals surface area contributed by atoms with Crippen molar-refractivity contribution in [3.05, 3.63) is 0 Å². The van der Waals surface area contributed by atoms with E-state index in [0.717, 1.165) is 19.4 Å². The molecule has 0 amide bonds. The van der Waals surface area contributed by atoms with Crippen molar-refractivity contribution in [1.29, 1.82) is 0 Å². The molecule has 1 heterocycles. The summed E-state index contributed by atoms with van der Waals surface area (Å²) >= 11 is 0. The van der Waals surface area contributed by atoms with Gasteiger partial charge in [0.05, 0.1) is 7.11 Å². The molecule has 0 saturated carbocycles. The number of ether oxygens (including phenoxy) is 1. The Labute approximate surface area is 85.1 Å². The first-order chi connectivity index (χ1) is 4.84. The van der Waals surface area contributed by atoms with E-state index in [1.807, 2.05) is 0 Å². The summed E-state index contributed by atoms with van der Waals surface area (Å²) in [4.78, 5) is 10.9. The van der Waals surface area contributed by atoms with Crippen molar-refractivity contribution in [1.82, 2.24) is 5.32 Å². The first-order valence-corrected chi connectivity index (χ1v) is 3.66. The molecule has 1 aliphatic heterocycles. The number of piperidine rings is 1. The van der Waals surface area contributed by atoms with Crippen LogP contribution >= 0.6 is 24.8 Å². The Morgan fingerprint density at radius 1 is 1.42 bits per heavy atom. The van der Waals surface area contributed by atoms with Gasteiger partial charge in [-0.2, -0.15) is 0 Å². The van der Waals surface area contributed by atoms with Gasteiger partial charge < -0.3 is 10.1 Å². The monoisotopic (exact) mass is 215 g/mol. The fourth-order valence-electron chi connectivity index (χ4n) is 1.20. The van der Waals surface area contributed by atoms with E-state index in [1.54, 1.807) is 0 Å². The Morgan fingerprint density at radius 3 is 2.50 bits per heavy atom. The fourth-order valence-corrected chi connectivity index (χ4v) is 1.20. The van der Waals surface area contributed by atoms with Gasteiger partial charge in [0.15, 0.2) is 0 Å². The van der Waals surface area contributed by atoms with E-state index < -0.39 is 0 Å². The van der Waals surface area contributed by atoms with Crippen LogP contribution in [-0.2, 0) is 9.53 Å². The molecule has 0 bridgehead atoms. The lowest BCUT2D eigenvalue weighted by molar-refractivity contribution is -0.143. The summed E-state index contributed by atoms with van der Waals surface area (Å²) in [6.07, 6.45) is 3.23. The highest BCUT2D eigenvalue weighted by Crippen LogP contribution is 2.07. The Balaban J connectivity index is 0. The number of carbonyl (C=O) groups excluding carboxylic acids is 1. The van der Waals surface area contributed by atoms with Crippen molar-refractivity contribution in [3.63, 3.8) is 0 Å². The van der Waals surface area contributed by atoms with Crippen LogP contribution in [0.3, 0.4) is 0 Å². The third-order valence-corrected chi connectivity index (χ3v) is 1.80. The topological polar surface area (TPSA) is 38.3 Å². The van der Waals surface area contributed by atoms with Gasteiger partial charge in [-0.25, -0.2) is 0 Å². The number of nitrogens with one attached hydrogen (secondary N) is 1. The maximum atomic E-state index is 10.9. The summed E-state index contributed by atoms with van der Waals surface area (Å²) in [5.74, 6) is -0.125. The number of hydrogen-bond acceptors (Lipinski definition) is 3. The molecule has 1 unspecified atom stereocenters. The van der Waals surface area contributed by atoms with Gasteiger partial charge in [-0.3, -0.25) is 4.79 Å². The molecule has 1 atom stereocenters. The maximum Gasteiger partial charge on any atom is 0.322 e. The number of hydrogen-bond donors (Lipinski definition) is 1. The minimum absolute atomic E-state index is 0. The zero-order chi connectivity index (χ0) is 7.40. The molecule has 5 heteroatoms. The van der Waals surface area contributed by atoms with E-state index in [0.29, 0.717) is 0 Å². The van der Waals surface area contributed by atoms with Crippen LogP contribution in [-0.4, -0.2) is 25.7 Å². The second kappa shape index (κ2) is 7.65. The number of rotatable bonds is 1. The molecule has 1 saturated heterocycles. The van der Waals surface area contributed by atoms with Gasteiger partial charge in [0.25, 0.3) is 0 Å². The molecule has 12 heavy (non-hydrogen) atoms. The van der Waals surface area contributed by atoms with Crippen molar-refractivity contribution in [2.24, 2.45) is 0 Å². The quantitative estimate of drug-likeness (QED) is 0.668. The molecule has 1 aliphatic rings. The van der Waals surface area contributed by atoms with Crippen LogP contribution in [0, 0.1) is 0 Å². The predicted octanol–water partition coefficient (Wildman–Crippen LogP) is 1.15. The third-order valence-electron chi connectivity index (χ3n) is 1.80. The van der Waals surface area contributed by atoms with Gasteiger partial charge >= 0.3 is 5.97 Å². The molecule has 1 N–H and O–H groups in total. The maximum absolute atomic E-state index is 10.9. The van der Waals surface area contributed by atoms with Gasteiger partial charge in [-0.05, 0) is 19.4 Å². The average molecular weight is 216 g/mol. The van der Waals surface area contributed by atoms with Gasteiger partial charge in [0.1, 0.15) is 6.04 Å². The average Bonchev–Trinajstić information content (AvgIpc) is 2.05. The summed E-state index contributed by atoms with van der Waals surface area (Å²) in [6, 6.07) is -0.0428. The molecule has 0 radical (unpaired) electrons. The zero-order valence-electron chi connectivity index (χ0n) is 7.04. The van der Waals surface area contributed by atoms with Crippen LogP contribution in [0.1, 0.15) is 19.3 Å². The van der Waals surface area contributed by atoms with Crippen LogP contribution in [0.4, 0.5) is 0 Å². The highest BCUT2D eigenvalue weighted by Gasteiger charge is 2.20. The predicted molar refractivity (Wildman–Crippen MR) is 52.2 cm³/mol. The molecule has 1 fully saturated rings. The molecular weight excluding hydrogens is 201 g/mol. The van der Waals surface area contributed by atoms with Crippen LogP contribution in [0.5, 0.6) is 0 Å². The van der Waals surface area contributed by atoms with Crippen LogP contribution in [0.15, 0.2) is 0 Å². The first kappa shape index (κ1) is 14.5. The number of methoxy groups -OCH3 is 1. The molecule has 74 valence electrons. The Bertz CT molecular complexity index is 127. The van der Waals surface area contributed by atoms with E-state index in [4.69, 9.17) is 0 Å². The Kier molecular flexibility index (Phi) is 9.26. The van der Waals surface area contributed by atoms with E-state index in [1.165, 1.54) is 13.5 Å². The molecule has 1 rings (SSSR count). The lowest BCUT2D eigenvalue weighted by Gasteiger charge is -2.20. The number of halogens is 2. The standard InChI is InChI=1S/C7H13NO2.2ClH/c1-10-7(9)6-4-2-3-5-8-6;;/h6,8H,2-5H2,1H3;2*1H. The van der Waals surface area contributed by atoms with Crippen molar-refractivity contribution in [2.45, 2.75) is 25.3 Å². The lowest BCUT2D eigenvalue weighted by atomic mass is 10.1. The third kappa shape index (κ3) is 4.14. The fraction of sp³-hybridized carbons (Fsp3) is 0.857. The molecule has 0 aliphatic carbocycles. The second-order valence-electron chi connectivity index (χ2n) is 2.53. The molecular formula is C7H15Cl2NO2. The van der Waals surface area contributed by atoms with Gasteiger partial charge in [-0.1, -0.05) is 6.42 Å². The number of esters is 1. The van der Waals surface area contributed by atoms with E-state index in [-0.39, 0.29) is 36.8 Å².